The highest BCUT2D eigenvalue weighted by molar-refractivity contribution is 5.76. The molecule has 0 bridgehead atoms. The highest BCUT2D eigenvalue weighted by atomic mass is 16.7. The highest BCUT2D eigenvalue weighted by Gasteiger charge is 2.25. The summed E-state index contributed by atoms with van der Waals surface area (Å²) < 4.78 is 30.8. The van der Waals surface area contributed by atoms with Crippen LogP contribution in [0, 0.1) is 5.92 Å². The zero-order valence-corrected chi connectivity index (χ0v) is 22.4. The van der Waals surface area contributed by atoms with Crippen molar-refractivity contribution < 1.29 is 47.6 Å². The van der Waals surface area contributed by atoms with E-state index in [-0.39, 0.29) is 49.4 Å². The van der Waals surface area contributed by atoms with Crippen LogP contribution in [-0.4, -0.2) is 55.7 Å². The first kappa shape index (κ1) is 31.7. The normalized spacial score (nSPS) is 13.2. The Morgan fingerprint density at radius 3 is 1.89 bits per heavy atom. The van der Waals surface area contributed by atoms with Gasteiger partial charge in [0, 0.05) is 6.42 Å². The second-order valence-corrected chi connectivity index (χ2v) is 8.93. The van der Waals surface area contributed by atoms with E-state index in [1.807, 2.05) is 27.7 Å². The number of benzene rings is 1. The molecule has 0 aliphatic heterocycles. The standard InChI is InChI=1S/C26H39NO10/c1-7-11-32-25(30)36-21-10-9-19(15-22(21)37-26(31)33-12-8-2)14-20(27)24(29)35-18(6)17(5)34-23(28)13-16(3)4/h9-10,15-18,20H,7-8,11-14,27H2,1-6H3/t17-,18-,20-/m0/s1. The van der Waals surface area contributed by atoms with Crippen LogP contribution in [0.5, 0.6) is 11.5 Å². The maximum atomic E-state index is 12.5. The lowest BCUT2D eigenvalue weighted by molar-refractivity contribution is -0.166. The lowest BCUT2D eigenvalue weighted by Gasteiger charge is -2.23. The van der Waals surface area contributed by atoms with Crippen molar-refractivity contribution in [1.29, 1.82) is 0 Å². The van der Waals surface area contributed by atoms with Gasteiger partial charge in [-0.1, -0.05) is 33.8 Å². The molecule has 0 unspecified atom stereocenters. The van der Waals surface area contributed by atoms with E-state index in [0.717, 1.165) is 0 Å². The largest absolute Gasteiger partial charge is 0.513 e. The fourth-order valence-corrected chi connectivity index (χ4v) is 2.84. The minimum absolute atomic E-state index is 0.0218. The molecule has 0 fully saturated rings. The summed E-state index contributed by atoms with van der Waals surface area (Å²) in [5.74, 6) is -1.10. The van der Waals surface area contributed by atoms with Gasteiger partial charge in [0.2, 0.25) is 0 Å². The van der Waals surface area contributed by atoms with Gasteiger partial charge >= 0.3 is 24.2 Å². The fraction of sp³-hybridized carbons (Fsp3) is 0.615. The predicted molar refractivity (Wildman–Crippen MR) is 133 cm³/mol. The van der Waals surface area contributed by atoms with Crippen LogP contribution in [0.2, 0.25) is 0 Å². The third-order valence-electron chi connectivity index (χ3n) is 4.86. The van der Waals surface area contributed by atoms with Crippen LogP contribution < -0.4 is 15.2 Å². The topological polar surface area (TPSA) is 150 Å². The van der Waals surface area contributed by atoms with Crippen molar-refractivity contribution in [3.8, 4) is 11.5 Å². The molecular formula is C26H39NO10. The van der Waals surface area contributed by atoms with Gasteiger partial charge in [0.15, 0.2) is 11.5 Å². The Labute approximate surface area is 217 Å². The smallest absolute Gasteiger partial charge is 0.459 e. The zero-order chi connectivity index (χ0) is 28.0. The summed E-state index contributed by atoms with van der Waals surface area (Å²) in [5, 5.41) is 0. The number of hydrogen-bond acceptors (Lipinski definition) is 11. The van der Waals surface area contributed by atoms with Crippen molar-refractivity contribution >= 4 is 24.2 Å². The molecule has 37 heavy (non-hydrogen) atoms. The Bertz CT molecular complexity index is 901. The van der Waals surface area contributed by atoms with E-state index in [2.05, 4.69) is 0 Å². The fourth-order valence-electron chi connectivity index (χ4n) is 2.84. The minimum atomic E-state index is -1.07. The first-order valence-electron chi connectivity index (χ1n) is 12.4. The molecule has 0 saturated carbocycles. The number of nitrogens with two attached hydrogens (primary N) is 1. The van der Waals surface area contributed by atoms with Crippen LogP contribution >= 0.6 is 0 Å². The third kappa shape index (κ3) is 12.4. The van der Waals surface area contributed by atoms with E-state index in [4.69, 9.17) is 34.2 Å². The molecule has 0 aromatic heterocycles. The Balaban J connectivity index is 2.87. The monoisotopic (exact) mass is 525 g/mol. The van der Waals surface area contributed by atoms with E-state index in [0.29, 0.717) is 18.4 Å². The van der Waals surface area contributed by atoms with Crippen molar-refractivity contribution in [3.63, 3.8) is 0 Å². The summed E-state index contributed by atoms with van der Waals surface area (Å²) >= 11 is 0. The van der Waals surface area contributed by atoms with Crippen LogP contribution in [0.4, 0.5) is 9.59 Å². The average molecular weight is 526 g/mol. The maximum Gasteiger partial charge on any atom is 0.513 e. The molecule has 2 N–H and O–H groups in total. The summed E-state index contributed by atoms with van der Waals surface area (Å²) in [6.45, 7) is 11.0. The molecule has 11 heteroatoms. The molecule has 0 saturated heterocycles. The van der Waals surface area contributed by atoms with Crippen molar-refractivity contribution in [2.45, 2.75) is 85.5 Å². The van der Waals surface area contributed by atoms with E-state index in [9.17, 15) is 19.2 Å². The lowest BCUT2D eigenvalue weighted by Crippen LogP contribution is -2.39. The van der Waals surface area contributed by atoms with Gasteiger partial charge in [-0.15, -0.1) is 0 Å². The molecule has 0 aliphatic rings. The minimum Gasteiger partial charge on any atom is -0.459 e. The number of ether oxygens (including phenoxy) is 6. The molecule has 208 valence electrons. The molecule has 0 spiro atoms. The van der Waals surface area contributed by atoms with Crippen LogP contribution in [0.1, 0.15) is 66.4 Å². The number of esters is 2. The van der Waals surface area contributed by atoms with Crippen molar-refractivity contribution in [2.75, 3.05) is 13.2 Å². The molecule has 1 rings (SSSR count). The molecule has 3 atom stereocenters. The van der Waals surface area contributed by atoms with Crippen LogP contribution in [0.25, 0.3) is 0 Å². The zero-order valence-electron chi connectivity index (χ0n) is 22.4. The molecular weight excluding hydrogens is 486 g/mol. The second-order valence-electron chi connectivity index (χ2n) is 8.93. The number of rotatable bonds is 14. The van der Waals surface area contributed by atoms with E-state index < -0.39 is 36.5 Å². The predicted octanol–water partition coefficient (Wildman–Crippen LogP) is 4.32. The first-order chi connectivity index (χ1) is 17.5. The van der Waals surface area contributed by atoms with Gasteiger partial charge in [-0.2, -0.15) is 0 Å². The van der Waals surface area contributed by atoms with Crippen molar-refractivity contribution in [2.24, 2.45) is 11.7 Å². The van der Waals surface area contributed by atoms with Gasteiger partial charge in [-0.05, 0) is 56.7 Å². The lowest BCUT2D eigenvalue weighted by atomic mass is 10.1. The van der Waals surface area contributed by atoms with E-state index in [1.54, 1.807) is 19.9 Å². The van der Waals surface area contributed by atoms with Gasteiger partial charge in [-0.3, -0.25) is 9.59 Å². The summed E-state index contributed by atoms with van der Waals surface area (Å²) in [5.41, 5.74) is 6.54. The molecule has 1 aromatic rings. The summed E-state index contributed by atoms with van der Waals surface area (Å²) in [6, 6.07) is 3.28. The molecule has 0 amide bonds. The molecule has 11 nitrogen and oxygen atoms in total. The summed E-state index contributed by atoms with van der Waals surface area (Å²) in [7, 11) is 0. The number of hydrogen-bond donors (Lipinski definition) is 1. The average Bonchev–Trinajstić information content (AvgIpc) is 2.82. The van der Waals surface area contributed by atoms with Crippen molar-refractivity contribution in [1.82, 2.24) is 0 Å². The first-order valence-corrected chi connectivity index (χ1v) is 12.4. The Kier molecular flexibility index (Phi) is 14.1. The van der Waals surface area contributed by atoms with Gasteiger partial charge in [0.1, 0.15) is 18.2 Å². The van der Waals surface area contributed by atoms with E-state index >= 15 is 0 Å². The second kappa shape index (κ2) is 16.4. The highest BCUT2D eigenvalue weighted by Crippen LogP contribution is 2.30. The van der Waals surface area contributed by atoms with Crippen LogP contribution in [-0.2, 0) is 35.0 Å². The summed E-state index contributed by atoms with van der Waals surface area (Å²) in [6.07, 6.45) is -1.83. The van der Waals surface area contributed by atoms with Crippen molar-refractivity contribution in [3.05, 3.63) is 23.8 Å². The van der Waals surface area contributed by atoms with Crippen LogP contribution in [0.15, 0.2) is 18.2 Å². The van der Waals surface area contributed by atoms with Gasteiger partial charge < -0.3 is 34.2 Å². The SMILES string of the molecule is CCCOC(=O)Oc1ccc(C[C@H](N)C(=O)O[C@@H](C)[C@H](C)OC(=O)CC(C)C)cc1OC(=O)OCCC. The Morgan fingerprint density at radius 1 is 0.811 bits per heavy atom. The molecule has 1 aromatic carbocycles. The van der Waals surface area contributed by atoms with Gasteiger partial charge in [-0.25, -0.2) is 9.59 Å². The number of carbonyl (C=O) groups is 4. The Hall–Kier alpha value is -3.34. The third-order valence-corrected chi connectivity index (χ3v) is 4.86. The maximum absolute atomic E-state index is 12.5. The van der Waals surface area contributed by atoms with Gasteiger partial charge in [0.05, 0.1) is 13.2 Å². The quantitative estimate of drug-likeness (QED) is 0.210. The van der Waals surface area contributed by atoms with Gasteiger partial charge in [0.25, 0.3) is 0 Å². The molecule has 0 aliphatic carbocycles. The molecule has 0 heterocycles. The summed E-state index contributed by atoms with van der Waals surface area (Å²) in [4.78, 5) is 48.3. The van der Waals surface area contributed by atoms with E-state index in [1.165, 1.54) is 12.1 Å². The van der Waals surface area contributed by atoms with Crippen LogP contribution in [0.3, 0.4) is 0 Å². The molecule has 0 radical (unpaired) electrons. The number of carbonyl (C=O) groups excluding carboxylic acids is 4. The Morgan fingerprint density at radius 2 is 1.35 bits per heavy atom.